The molecule has 5 heterocycles. The third-order valence-electron chi connectivity index (χ3n) is 6.17. The van der Waals surface area contributed by atoms with E-state index in [0.717, 1.165) is 31.3 Å². The molecule has 1 spiro atoms. The molecule has 4 atom stereocenters. The van der Waals surface area contributed by atoms with Gasteiger partial charge in [-0.2, -0.15) is 5.10 Å². The van der Waals surface area contributed by atoms with Crippen molar-refractivity contribution in [2.45, 2.75) is 24.5 Å². The number of amides is 1. The lowest BCUT2D eigenvalue weighted by molar-refractivity contribution is -0.122. The first-order chi connectivity index (χ1) is 13.5. The molecular formula is C19H25N5O4. The number of aromatic nitrogens is 3. The third kappa shape index (κ3) is 3.04. The highest BCUT2D eigenvalue weighted by atomic mass is 16.5. The molecule has 2 bridgehead atoms. The van der Waals surface area contributed by atoms with Crippen LogP contribution < -0.4 is 0 Å². The van der Waals surface area contributed by atoms with Crippen molar-refractivity contribution in [3.05, 3.63) is 24.0 Å². The van der Waals surface area contributed by atoms with Gasteiger partial charge in [-0.15, -0.1) is 0 Å². The number of hydrogen-bond acceptors (Lipinski definition) is 6. The highest BCUT2D eigenvalue weighted by Gasteiger charge is 2.63. The SMILES string of the molecule is CN(C)C[C@H]1[C@@H]2CC[C@@]3(CN(C(=O)c4ccc5cn[nH]c5n4)C[C@@H]13)O2.O=CO. The van der Waals surface area contributed by atoms with E-state index < -0.39 is 0 Å². The Morgan fingerprint density at radius 1 is 1.50 bits per heavy atom. The molecule has 3 aliphatic heterocycles. The maximum atomic E-state index is 13.0. The normalized spacial score (nSPS) is 30.4. The van der Waals surface area contributed by atoms with E-state index >= 15 is 0 Å². The second-order valence-electron chi connectivity index (χ2n) is 8.09. The van der Waals surface area contributed by atoms with Crippen LogP contribution in [0.15, 0.2) is 18.3 Å². The zero-order chi connectivity index (χ0) is 19.9. The van der Waals surface area contributed by atoms with Crippen LogP contribution in [0.4, 0.5) is 0 Å². The number of pyridine rings is 1. The van der Waals surface area contributed by atoms with Crippen molar-refractivity contribution in [2.24, 2.45) is 11.8 Å². The molecule has 3 aliphatic rings. The summed E-state index contributed by atoms with van der Waals surface area (Å²) >= 11 is 0. The number of hydrogen-bond donors (Lipinski definition) is 2. The fourth-order valence-electron chi connectivity index (χ4n) is 5.12. The van der Waals surface area contributed by atoms with Gasteiger partial charge in [0.15, 0.2) is 5.65 Å². The van der Waals surface area contributed by atoms with Gasteiger partial charge in [0.25, 0.3) is 12.4 Å². The first-order valence-corrected chi connectivity index (χ1v) is 9.47. The molecule has 9 heteroatoms. The second-order valence-corrected chi connectivity index (χ2v) is 8.09. The number of ether oxygens (including phenoxy) is 1. The molecule has 2 N–H and O–H groups in total. The van der Waals surface area contributed by atoms with Crippen LogP contribution in [-0.2, 0) is 9.53 Å². The van der Waals surface area contributed by atoms with Crippen LogP contribution >= 0.6 is 0 Å². The Morgan fingerprint density at radius 2 is 2.29 bits per heavy atom. The molecule has 2 aromatic rings. The minimum Gasteiger partial charge on any atom is -0.483 e. The Labute approximate surface area is 162 Å². The average molecular weight is 387 g/mol. The van der Waals surface area contributed by atoms with Gasteiger partial charge in [-0.05, 0) is 39.1 Å². The molecule has 1 amide bonds. The molecule has 0 unspecified atom stereocenters. The summed E-state index contributed by atoms with van der Waals surface area (Å²) in [6.45, 7) is 2.24. The molecule has 2 aromatic heterocycles. The van der Waals surface area contributed by atoms with Gasteiger partial charge in [-0.3, -0.25) is 14.7 Å². The number of nitrogens with zero attached hydrogens (tertiary/aromatic N) is 4. The van der Waals surface area contributed by atoms with Gasteiger partial charge in [0.05, 0.1) is 24.4 Å². The van der Waals surface area contributed by atoms with Gasteiger partial charge >= 0.3 is 0 Å². The molecule has 0 aliphatic carbocycles. The first-order valence-electron chi connectivity index (χ1n) is 9.47. The summed E-state index contributed by atoms with van der Waals surface area (Å²) in [6, 6.07) is 3.69. The molecule has 150 valence electrons. The topological polar surface area (TPSA) is 112 Å². The van der Waals surface area contributed by atoms with Crippen molar-refractivity contribution in [3.8, 4) is 0 Å². The fourth-order valence-corrected chi connectivity index (χ4v) is 5.12. The van der Waals surface area contributed by atoms with E-state index in [2.05, 4.69) is 34.2 Å². The molecular weight excluding hydrogens is 362 g/mol. The van der Waals surface area contributed by atoms with Crippen molar-refractivity contribution in [1.29, 1.82) is 0 Å². The monoisotopic (exact) mass is 387 g/mol. The number of likely N-dealkylation sites (tertiary alicyclic amines) is 1. The predicted octanol–water partition coefficient (Wildman–Crippen LogP) is 0.840. The molecule has 0 radical (unpaired) electrons. The number of rotatable bonds is 3. The van der Waals surface area contributed by atoms with E-state index in [1.165, 1.54) is 0 Å². The molecule has 3 saturated heterocycles. The van der Waals surface area contributed by atoms with E-state index in [4.69, 9.17) is 14.6 Å². The van der Waals surface area contributed by atoms with Gasteiger partial charge in [-0.1, -0.05) is 0 Å². The number of fused-ring (bicyclic) bond motifs is 2. The summed E-state index contributed by atoms with van der Waals surface area (Å²) in [6.07, 6.45) is 4.27. The van der Waals surface area contributed by atoms with Gasteiger partial charge in [0.1, 0.15) is 5.69 Å². The van der Waals surface area contributed by atoms with Gasteiger partial charge in [0, 0.05) is 30.3 Å². The molecule has 0 saturated carbocycles. The van der Waals surface area contributed by atoms with Crippen molar-refractivity contribution in [2.75, 3.05) is 33.7 Å². The van der Waals surface area contributed by atoms with E-state index in [1.54, 1.807) is 12.3 Å². The number of carbonyl (C=O) groups is 2. The minimum atomic E-state index is -0.250. The van der Waals surface area contributed by atoms with Crippen LogP contribution in [0.25, 0.3) is 11.0 Å². The van der Waals surface area contributed by atoms with Crippen molar-refractivity contribution < 1.29 is 19.4 Å². The van der Waals surface area contributed by atoms with E-state index in [-0.39, 0.29) is 18.0 Å². The summed E-state index contributed by atoms with van der Waals surface area (Å²) in [5.41, 5.74) is 1.01. The number of carboxylic acid groups (broad SMARTS) is 1. The number of nitrogens with one attached hydrogen (secondary N) is 1. The molecule has 9 nitrogen and oxygen atoms in total. The lowest BCUT2D eigenvalue weighted by atomic mass is 9.73. The molecule has 0 aromatic carbocycles. The van der Waals surface area contributed by atoms with Crippen molar-refractivity contribution in [1.82, 2.24) is 25.0 Å². The second kappa shape index (κ2) is 7.14. The molecule has 3 fully saturated rings. The molecule has 28 heavy (non-hydrogen) atoms. The highest BCUT2D eigenvalue weighted by Crippen LogP contribution is 2.55. The summed E-state index contributed by atoms with van der Waals surface area (Å²) in [5, 5.41) is 14.6. The predicted molar refractivity (Wildman–Crippen MR) is 101 cm³/mol. The Balaban J connectivity index is 0.000000604. The van der Waals surface area contributed by atoms with Crippen molar-refractivity contribution in [3.63, 3.8) is 0 Å². The van der Waals surface area contributed by atoms with Crippen molar-refractivity contribution >= 4 is 23.4 Å². The zero-order valence-corrected chi connectivity index (χ0v) is 16.0. The summed E-state index contributed by atoms with van der Waals surface area (Å²) in [7, 11) is 4.22. The smallest absolute Gasteiger partial charge is 0.290 e. The fraction of sp³-hybridized carbons (Fsp3) is 0.579. The van der Waals surface area contributed by atoms with E-state index in [1.807, 2.05) is 11.0 Å². The third-order valence-corrected chi connectivity index (χ3v) is 6.17. The lowest BCUT2D eigenvalue weighted by Gasteiger charge is -2.30. The van der Waals surface area contributed by atoms with Crippen LogP contribution in [0.1, 0.15) is 23.3 Å². The zero-order valence-electron chi connectivity index (χ0n) is 16.0. The van der Waals surface area contributed by atoms with Gasteiger partial charge in [0.2, 0.25) is 0 Å². The highest BCUT2D eigenvalue weighted by molar-refractivity contribution is 5.94. The van der Waals surface area contributed by atoms with Crippen LogP contribution in [0.2, 0.25) is 0 Å². The van der Waals surface area contributed by atoms with E-state index in [9.17, 15) is 4.79 Å². The standard InChI is InChI=1S/C18H23N5O2.CH2O2/c1-22(2)8-12-13-9-23(10-18(13)6-5-15(12)25-18)17(24)14-4-3-11-7-19-21-16(11)20-14;2-1-3/h3-4,7,12-13,15H,5-6,8-10H2,1-2H3,(H,19,20,21);1H,(H,2,3)/t12-,13+,15+,18+;/m1./s1. The summed E-state index contributed by atoms with van der Waals surface area (Å²) in [4.78, 5) is 30.0. The Hall–Kier alpha value is -2.52. The number of aromatic amines is 1. The summed E-state index contributed by atoms with van der Waals surface area (Å²) < 4.78 is 6.41. The minimum absolute atomic E-state index is 0.00377. The van der Waals surface area contributed by atoms with Crippen LogP contribution in [0.3, 0.4) is 0 Å². The Kier molecular flexibility index (Phi) is 4.80. The van der Waals surface area contributed by atoms with E-state index in [0.29, 0.717) is 35.8 Å². The molecule has 5 rings (SSSR count). The van der Waals surface area contributed by atoms with Gasteiger partial charge in [-0.25, -0.2) is 4.98 Å². The average Bonchev–Trinajstić information content (AvgIpc) is 3.41. The quantitative estimate of drug-likeness (QED) is 0.751. The maximum absolute atomic E-state index is 13.0. The lowest BCUT2D eigenvalue weighted by Crippen LogP contribution is -2.40. The Bertz CT molecular complexity index is 884. The van der Waals surface area contributed by atoms with Crippen LogP contribution in [-0.4, -0.2) is 87.9 Å². The largest absolute Gasteiger partial charge is 0.483 e. The number of carbonyl (C=O) groups excluding carboxylic acids is 1. The van der Waals surface area contributed by atoms with Crippen LogP contribution in [0, 0.1) is 11.8 Å². The Morgan fingerprint density at radius 3 is 3.04 bits per heavy atom. The number of H-pyrrole nitrogens is 1. The van der Waals surface area contributed by atoms with Crippen LogP contribution in [0.5, 0.6) is 0 Å². The summed E-state index contributed by atoms with van der Waals surface area (Å²) in [5.74, 6) is 0.953. The first kappa shape index (κ1) is 18.8. The van der Waals surface area contributed by atoms with Gasteiger partial charge < -0.3 is 19.6 Å². The maximum Gasteiger partial charge on any atom is 0.290 e.